The van der Waals surface area contributed by atoms with Crippen LogP contribution in [0.25, 0.3) is 0 Å². The molecule has 2 aliphatic rings. The van der Waals surface area contributed by atoms with Crippen LogP contribution in [0.5, 0.6) is 11.5 Å². The third-order valence-corrected chi connectivity index (χ3v) is 7.15. The van der Waals surface area contributed by atoms with Crippen LogP contribution in [0.2, 0.25) is 0 Å². The van der Waals surface area contributed by atoms with Gasteiger partial charge in [0.05, 0.1) is 24.9 Å². The normalized spacial score (nSPS) is 24.1. The fourth-order valence-electron chi connectivity index (χ4n) is 5.14. The number of aliphatic hydroxyl groups is 2. The second-order valence-electron chi connectivity index (χ2n) is 10.3. The maximum Gasteiger partial charge on any atom is 0.165 e. The van der Waals surface area contributed by atoms with Crippen LogP contribution in [0.1, 0.15) is 67.5 Å². The van der Waals surface area contributed by atoms with Gasteiger partial charge in [-0.05, 0) is 60.7 Å². The summed E-state index contributed by atoms with van der Waals surface area (Å²) in [6.07, 6.45) is 1.34. The van der Waals surface area contributed by atoms with Gasteiger partial charge in [0.1, 0.15) is 18.0 Å². The third kappa shape index (κ3) is 6.55. The van der Waals surface area contributed by atoms with Gasteiger partial charge < -0.3 is 24.4 Å². The van der Waals surface area contributed by atoms with E-state index in [1.807, 2.05) is 45.0 Å². The summed E-state index contributed by atoms with van der Waals surface area (Å²) in [5.41, 5.74) is 4.82. The molecule has 5 rings (SSSR count). The molecule has 0 aromatic heterocycles. The fourth-order valence-corrected chi connectivity index (χ4v) is 5.14. The number of benzene rings is 3. The van der Waals surface area contributed by atoms with Crippen LogP contribution in [0, 0.1) is 12.7 Å². The monoisotopic (exact) mass is 522 g/mol. The van der Waals surface area contributed by atoms with E-state index >= 15 is 0 Å². The van der Waals surface area contributed by atoms with Crippen LogP contribution >= 0.6 is 0 Å². The van der Waals surface area contributed by atoms with Crippen molar-refractivity contribution >= 4 is 0 Å². The Bertz CT molecular complexity index is 1210. The molecule has 4 atom stereocenters. The van der Waals surface area contributed by atoms with E-state index in [4.69, 9.17) is 14.2 Å². The number of aliphatic hydroxyl groups excluding tert-OH is 2. The summed E-state index contributed by atoms with van der Waals surface area (Å²) in [5.74, 6) is 0.737. The number of ether oxygens (including phenoxy) is 3. The molecule has 1 fully saturated rings. The van der Waals surface area contributed by atoms with Crippen molar-refractivity contribution in [3.8, 4) is 11.5 Å². The van der Waals surface area contributed by atoms with Gasteiger partial charge in [0, 0.05) is 24.8 Å². The molecular formula is C32H39FO5. The predicted octanol–water partition coefficient (Wildman–Crippen LogP) is 6.10. The predicted molar refractivity (Wildman–Crippen MR) is 146 cm³/mol. The second kappa shape index (κ2) is 12.3. The first-order valence-electron chi connectivity index (χ1n) is 13.5. The summed E-state index contributed by atoms with van der Waals surface area (Å²) in [6.45, 7) is 8.26. The SMILES string of the molecule is CC.Cc1ccc(C2CC(O)CC(CO)O2)cc1Cc1ccc(OCC2(C)Cc3cccc(F)c3O2)cc1. The molecule has 38 heavy (non-hydrogen) atoms. The van der Waals surface area contributed by atoms with Crippen molar-refractivity contribution in [1.82, 2.24) is 0 Å². The number of rotatable bonds is 7. The molecule has 6 heteroatoms. The summed E-state index contributed by atoms with van der Waals surface area (Å²) in [7, 11) is 0. The zero-order chi connectivity index (χ0) is 27.3. The molecule has 3 aromatic rings. The molecule has 2 aliphatic heterocycles. The van der Waals surface area contributed by atoms with Crippen molar-refractivity contribution in [2.75, 3.05) is 13.2 Å². The molecule has 0 radical (unpaired) electrons. The number of halogens is 1. The van der Waals surface area contributed by atoms with Crippen LogP contribution in [-0.2, 0) is 17.6 Å². The van der Waals surface area contributed by atoms with Crippen molar-refractivity contribution in [2.24, 2.45) is 0 Å². The summed E-state index contributed by atoms with van der Waals surface area (Å²) in [4.78, 5) is 0. The minimum Gasteiger partial charge on any atom is -0.489 e. The molecule has 2 heterocycles. The van der Waals surface area contributed by atoms with Gasteiger partial charge in [-0.15, -0.1) is 0 Å². The minimum absolute atomic E-state index is 0.0875. The topological polar surface area (TPSA) is 68.2 Å². The van der Waals surface area contributed by atoms with E-state index in [1.54, 1.807) is 6.07 Å². The van der Waals surface area contributed by atoms with E-state index in [2.05, 4.69) is 31.2 Å². The smallest absolute Gasteiger partial charge is 0.165 e. The first-order chi connectivity index (χ1) is 18.3. The summed E-state index contributed by atoms with van der Waals surface area (Å²) >= 11 is 0. The number of hydrogen-bond acceptors (Lipinski definition) is 5. The molecule has 2 N–H and O–H groups in total. The second-order valence-corrected chi connectivity index (χ2v) is 10.3. The molecule has 3 aromatic carbocycles. The van der Waals surface area contributed by atoms with Gasteiger partial charge in [-0.3, -0.25) is 0 Å². The lowest BCUT2D eigenvalue weighted by atomic mass is 9.92. The average molecular weight is 523 g/mol. The Balaban J connectivity index is 0.00000164. The van der Waals surface area contributed by atoms with Crippen LogP contribution in [0.15, 0.2) is 60.7 Å². The molecule has 204 valence electrons. The quantitative estimate of drug-likeness (QED) is 0.393. The Morgan fingerprint density at radius 3 is 2.53 bits per heavy atom. The number of fused-ring (bicyclic) bond motifs is 1. The van der Waals surface area contributed by atoms with Crippen LogP contribution < -0.4 is 9.47 Å². The van der Waals surface area contributed by atoms with E-state index in [1.165, 1.54) is 17.2 Å². The van der Waals surface area contributed by atoms with Gasteiger partial charge >= 0.3 is 0 Å². The van der Waals surface area contributed by atoms with E-state index in [9.17, 15) is 14.6 Å². The Morgan fingerprint density at radius 2 is 1.82 bits per heavy atom. The van der Waals surface area contributed by atoms with Gasteiger partial charge in [-0.2, -0.15) is 0 Å². The van der Waals surface area contributed by atoms with Crippen molar-refractivity contribution in [3.63, 3.8) is 0 Å². The molecule has 0 aliphatic carbocycles. The van der Waals surface area contributed by atoms with Crippen molar-refractivity contribution in [3.05, 3.63) is 94.3 Å². The molecule has 0 saturated carbocycles. The van der Waals surface area contributed by atoms with Crippen molar-refractivity contribution in [2.45, 2.75) is 77.3 Å². The maximum absolute atomic E-state index is 14.0. The maximum atomic E-state index is 14.0. The Kier molecular flexibility index (Phi) is 9.08. The molecule has 0 amide bonds. The lowest BCUT2D eigenvalue weighted by Crippen LogP contribution is -2.37. The van der Waals surface area contributed by atoms with E-state index in [0.717, 1.165) is 28.9 Å². The lowest BCUT2D eigenvalue weighted by Gasteiger charge is -2.32. The van der Waals surface area contributed by atoms with Gasteiger partial charge in [0.2, 0.25) is 0 Å². The van der Waals surface area contributed by atoms with Crippen LogP contribution in [-0.4, -0.2) is 41.2 Å². The van der Waals surface area contributed by atoms with Crippen molar-refractivity contribution in [1.29, 1.82) is 0 Å². The Hall–Kier alpha value is -2.93. The lowest BCUT2D eigenvalue weighted by molar-refractivity contribution is -0.113. The first kappa shape index (κ1) is 28.1. The molecule has 1 saturated heterocycles. The van der Waals surface area contributed by atoms with E-state index in [-0.39, 0.29) is 24.6 Å². The summed E-state index contributed by atoms with van der Waals surface area (Å²) in [5, 5.41) is 19.7. The van der Waals surface area contributed by atoms with Gasteiger partial charge in [0.15, 0.2) is 11.6 Å². The van der Waals surface area contributed by atoms with Gasteiger partial charge in [-0.1, -0.05) is 56.3 Å². The molecule has 5 nitrogen and oxygen atoms in total. The average Bonchev–Trinajstić information content (AvgIpc) is 3.28. The van der Waals surface area contributed by atoms with Gasteiger partial charge in [-0.25, -0.2) is 4.39 Å². The van der Waals surface area contributed by atoms with Crippen molar-refractivity contribution < 1.29 is 28.8 Å². The number of hydrogen-bond donors (Lipinski definition) is 2. The highest BCUT2D eigenvalue weighted by atomic mass is 19.1. The van der Waals surface area contributed by atoms with Crippen LogP contribution in [0.3, 0.4) is 0 Å². The fraction of sp³-hybridized carbons (Fsp3) is 0.438. The van der Waals surface area contributed by atoms with Gasteiger partial charge in [0.25, 0.3) is 0 Å². The summed E-state index contributed by atoms with van der Waals surface area (Å²) in [6, 6.07) is 19.3. The summed E-state index contributed by atoms with van der Waals surface area (Å²) < 4.78 is 32.0. The zero-order valence-electron chi connectivity index (χ0n) is 22.7. The molecule has 0 bridgehead atoms. The molecule has 0 spiro atoms. The molecular weight excluding hydrogens is 483 g/mol. The highest BCUT2D eigenvalue weighted by Gasteiger charge is 2.37. The Morgan fingerprint density at radius 1 is 1.05 bits per heavy atom. The highest BCUT2D eigenvalue weighted by molar-refractivity contribution is 5.41. The number of aryl methyl sites for hydroxylation is 1. The minimum atomic E-state index is -0.607. The zero-order valence-corrected chi connectivity index (χ0v) is 22.7. The van der Waals surface area contributed by atoms with E-state index in [0.29, 0.717) is 31.6 Å². The number of para-hydroxylation sites is 1. The van der Waals surface area contributed by atoms with Crippen LogP contribution in [0.4, 0.5) is 4.39 Å². The largest absolute Gasteiger partial charge is 0.489 e. The van der Waals surface area contributed by atoms with E-state index < -0.39 is 11.7 Å². The first-order valence-corrected chi connectivity index (χ1v) is 13.5. The third-order valence-electron chi connectivity index (χ3n) is 7.15. The Labute approximate surface area is 225 Å². The molecule has 4 unspecified atom stereocenters. The highest BCUT2D eigenvalue weighted by Crippen LogP contribution is 2.37. The standard InChI is InChI=1S/C30H33FO5.C2H6/c1-19-6-9-21(28-15-24(33)14-26(17-32)35-28)13-23(19)12-20-7-10-25(11-8-20)34-18-30(2)16-22-4-3-5-27(31)29(22)36-30;1-2/h3-11,13,24,26,28,32-33H,12,14-18H2,1-2H3;1-2H3.